The number of nitrogens with zero attached hydrogens (tertiary/aromatic N) is 3. The molecule has 0 aromatic carbocycles. The molecule has 2 rings (SSSR count). The van der Waals surface area contributed by atoms with Gasteiger partial charge in [0.05, 0.1) is 0 Å². The van der Waals surface area contributed by atoms with E-state index >= 15 is 0 Å². The molecule has 0 radical (unpaired) electrons. The maximum Gasteiger partial charge on any atom is 0.434 e. The zero-order chi connectivity index (χ0) is 13.3. The molecule has 0 fully saturated rings. The summed E-state index contributed by atoms with van der Waals surface area (Å²) >= 11 is 1.09. The summed E-state index contributed by atoms with van der Waals surface area (Å²) < 4.78 is 38.5. The minimum Gasteiger partial charge on any atom is -0.480 e. The number of aliphatic carboxylic acids is 1. The highest BCUT2D eigenvalue weighted by molar-refractivity contribution is 7.13. The van der Waals surface area contributed by atoms with Crippen LogP contribution in [0.5, 0.6) is 0 Å². The Morgan fingerprint density at radius 2 is 2.22 bits per heavy atom. The molecule has 96 valence electrons. The van der Waals surface area contributed by atoms with E-state index in [4.69, 9.17) is 5.11 Å². The van der Waals surface area contributed by atoms with E-state index in [0.29, 0.717) is 6.20 Å². The van der Waals surface area contributed by atoms with Gasteiger partial charge in [-0.05, 0) is 0 Å². The van der Waals surface area contributed by atoms with Crippen molar-refractivity contribution < 1.29 is 23.1 Å². The highest BCUT2D eigenvalue weighted by Gasteiger charge is 2.35. The van der Waals surface area contributed by atoms with Crippen LogP contribution in [0.3, 0.4) is 0 Å². The Morgan fingerprint density at radius 1 is 1.50 bits per heavy atom. The summed E-state index contributed by atoms with van der Waals surface area (Å²) in [5.74, 6) is -1.35. The van der Waals surface area contributed by atoms with Crippen LogP contribution in [-0.4, -0.2) is 25.6 Å². The van der Waals surface area contributed by atoms with Gasteiger partial charge in [0, 0.05) is 17.8 Å². The lowest BCUT2D eigenvalue weighted by Crippen LogP contribution is -2.09. The molecule has 9 heteroatoms. The number of halogens is 3. The molecule has 5 nitrogen and oxygen atoms in total. The van der Waals surface area contributed by atoms with Gasteiger partial charge in [0.2, 0.25) is 0 Å². The van der Waals surface area contributed by atoms with Crippen LogP contribution in [0.15, 0.2) is 17.8 Å². The van der Waals surface area contributed by atoms with Crippen molar-refractivity contribution in [1.82, 2.24) is 14.5 Å². The number of carboxylic acids is 1. The van der Waals surface area contributed by atoms with Gasteiger partial charge in [0.25, 0.3) is 0 Å². The van der Waals surface area contributed by atoms with Crippen molar-refractivity contribution >= 4 is 17.3 Å². The van der Waals surface area contributed by atoms with Gasteiger partial charge in [-0.2, -0.15) is 13.2 Å². The number of imidazole rings is 1. The maximum atomic E-state index is 12.5. The van der Waals surface area contributed by atoms with Crippen LogP contribution in [0.4, 0.5) is 13.2 Å². The first-order valence-corrected chi connectivity index (χ1v) is 5.52. The summed E-state index contributed by atoms with van der Waals surface area (Å²) in [5.41, 5.74) is -1.13. The molecule has 0 bridgehead atoms. The summed E-state index contributed by atoms with van der Waals surface area (Å²) in [6.45, 7) is -0.599. The number of carbonyl (C=O) groups is 1. The summed E-state index contributed by atoms with van der Waals surface area (Å²) in [5, 5.41) is 10.5. The third kappa shape index (κ3) is 2.50. The molecule has 18 heavy (non-hydrogen) atoms. The Labute approximate surface area is 103 Å². The van der Waals surface area contributed by atoms with Gasteiger partial charge in [0.1, 0.15) is 6.54 Å². The van der Waals surface area contributed by atoms with Crippen LogP contribution in [0, 0.1) is 0 Å². The van der Waals surface area contributed by atoms with E-state index in [-0.39, 0.29) is 10.8 Å². The van der Waals surface area contributed by atoms with E-state index in [2.05, 4.69) is 9.97 Å². The standard InChI is InChI=1S/C9H6F3N3O2S/c10-9(11,12)5-3-15(4-6(16)17)7(14-5)8-13-1-2-18-8/h1-3H,4H2,(H,16,17). The van der Waals surface area contributed by atoms with Crippen molar-refractivity contribution in [3.63, 3.8) is 0 Å². The highest BCUT2D eigenvalue weighted by Crippen LogP contribution is 2.31. The molecule has 0 aliphatic carbocycles. The maximum absolute atomic E-state index is 12.5. The SMILES string of the molecule is O=C(O)Cn1cc(C(F)(F)F)nc1-c1nccs1. The lowest BCUT2D eigenvalue weighted by molar-refractivity contribution is -0.141. The van der Waals surface area contributed by atoms with Crippen LogP contribution >= 0.6 is 11.3 Å². The molecule has 0 saturated carbocycles. The third-order valence-corrected chi connectivity index (χ3v) is 2.77. The molecule has 2 heterocycles. The number of carboxylic acid groups (broad SMARTS) is 1. The Hall–Kier alpha value is -1.90. The average molecular weight is 277 g/mol. The number of rotatable bonds is 3. The molecule has 2 aromatic rings. The smallest absolute Gasteiger partial charge is 0.434 e. The van der Waals surface area contributed by atoms with Crippen molar-refractivity contribution in [2.45, 2.75) is 12.7 Å². The van der Waals surface area contributed by atoms with Gasteiger partial charge in [-0.15, -0.1) is 11.3 Å². The normalized spacial score (nSPS) is 11.7. The summed E-state index contributed by atoms with van der Waals surface area (Å²) in [7, 11) is 0. The zero-order valence-corrected chi connectivity index (χ0v) is 9.49. The Kier molecular flexibility index (Phi) is 3.07. The second-order valence-electron chi connectivity index (χ2n) is 3.31. The highest BCUT2D eigenvalue weighted by atomic mass is 32.1. The van der Waals surface area contributed by atoms with Crippen molar-refractivity contribution in [2.24, 2.45) is 0 Å². The Bertz CT molecular complexity index is 562. The van der Waals surface area contributed by atoms with Gasteiger partial charge in [-0.25, -0.2) is 9.97 Å². The minimum absolute atomic E-state index is 0.0975. The van der Waals surface area contributed by atoms with Crippen molar-refractivity contribution in [1.29, 1.82) is 0 Å². The summed E-state index contributed by atoms with van der Waals surface area (Å²) in [4.78, 5) is 17.8. The number of alkyl halides is 3. The molecule has 0 aliphatic rings. The molecular weight excluding hydrogens is 271 g/mol. The van der Waals surface area contributed by atoms with Crippen LogP contribution in [0.25, 0.3) is 10.8 Å². The molecular formula is C9H6F3N3O2S. The quantitative estimate of drug-likeness (QED) is 0.933. The number of hydrogen-bond donors (Lipinski definition) is 1. The van der Waals surface area contributed by atoms with E-state index in [1.807, 2.05) is 0 Å². The Morgan fingerprint density at radius 3 is 2.72 bits per heavy atom. The first kappa shape index (κ1) is 12.6. The number of hydrogen-bond acceptors (Lipinski definition) is 4. The average Bonchev–Trinajstić information content (AvgIpc) is 2.81. The lowest BCUT2D eigenvalue weighted by atomic mass is 10.5. The lowest BCUT2D eigenvalue weighted by Gasteiger charge is -2.00. The van der Waals surface area contributed by atoms with Gasteiger partial charge in [-0.3, -0.25) is 4.79 Å². The van der Waals surface area contributed by atoms with Gasteiger partial charge < -0.3 is 9.67 Å². The fraction of sp³-hybridized carbons (Fsp3) is 0.222. The predicted molar refractivity (Wildman–Crippen MR) is 56.0 cm³/mol. The second-order valence-corrected chi connectivity index (χ2v) is 4.20. The first-order chi connectivity index (χ1) is 8.38. The molecule has 0 spiro atoms. The van der Waals surface area contributed by atoms with E-state index in [9.17, 15) is 18.0 Å². The van der Waals surface area contributed by atoms with E-state index in [0.717, 1.165) is 15.9 Å². The van der Waals surface area contributed by atoms with Crippen molar-refractivity contribution in [3.05, 3.63) is 23.5 Å². The van der Waals surface area contributed by atoms with Gasteiger partial charge in [-0.1, -0.05) is 0 Å². The molecule has 1 N–H and O–H groups in total. The van der Waals surface area contributed by atoms with E-state index in [1.54, 1.807) is 5.38 Å². The summed E-state index contributed by atoms with van der Waals surface area (Å²) in [6.07, 6.45) is -2.53. The predicted octanol–water partition coefficient (Wildman–Crippen LogP) is 2.11. The van der Waals surface area contributed by atoms with Crippen LogP contribution in [0.2, 0.25) is 0 Å². The molecule has 2 aromatic heterocycles. The second kappa shape index (κ2) is 4.41. The van der Waals surface area contributed by atoms with Gasteiger partial charge in [0.15, 0.2) is 16.5 Å². The van der Waals surface area contributed by atoms with Crippen molar-refractivity contribution in [3.8, 4) is 10.8 Å². The zero-order valence-electron chi connectivity index (χ0n) is 8.68. The molecule has 0 aliphatic heterocycles. The van der Waals surface area contributed by atoms with E-state index in [1.165, 1.54) is 6.20 Å². The number of aromatic nitrogens is 3. The first-order valence-electron chi connectivity index (χ1n) is 4.64. The minimum atomic E-state index is -4.62. The van der Waals surface area contributed by atoms with E-state index < -0.39 is 24.4 Å². The fourth-order valence-corrected chi connectivity index (χ4v) is 1.96. The van der Waals surface area contributed by atoms with Crippen LogP contribution in [-0.2, 0) is 17.5 Å². The van der Waals surface area contributed by atoms with Crippen molar-refractivity contribution in [2.75, 3.05) is 0 Å². The summed E-state index contributed by atoms with van der Waals surface area (Å²) in [6, 6.07) is 0. The fourth-order valence-electron chi connectivity index (χ4n) is 1.32. The molecule has 0 unspecified atom stereocenters. The van der Waals surface area contributed by atoms with Crippen LogP contribution < -0.4 is 0 Å². The molecule has 0 amide bonds. The number of thiazole rings is 1. The molecule has 0 atom stereocenters. The molecule has 0 saturated heterocycles. The Balaban J connectivity index is 2.49. The topological polar surface area (TPSA) is 68.0 Å². The third-order valence-electron chi connectivity index (χ3n) is 2.00. The van der Waals surface area contributed by atoms with Crippen LogP contribution in [0.1, 0.15) is 5.69 Å². The van der Waals surface area contributed by atoms with Gasteiger partial charge >= 0.3 is 12.1 Å². The monoisotopic (exact) mass is 277 g/mol. The largest absolute Gasteiger partial charge is 0.480 e.